The summed E-state index contributed by atoms with van der Waals surface area (Å²) >= 11 is 0. The lowest BCUT2D eigenvalue weighted by atomic mass is 10.0. The summed E-state index contributed by atoms with van der Waals surface area (Å²) in [7, 11) is 0.431. The quantitative estimate of drug-likeness (QED) is 0.719. The lowest BCUT2D eigenvalue weighted by Crippen LogP contribution is -2.51. The molecule has 0 spiro atoms. The molecule has 25 heavy (non-hydrogen) atoms. The van der Waals surface area contributed by atoms with Crippen molar-refractivity contribution in [3.05, 3.63) is 29.3 Å². The first-order chi connectivity index (χ1) is 11.6. The van der Waals surface area contributed by atoms with Crippen LogP contribution in [0.15, 0.2) is 18.2 Å². The minimum atomic E-state index is -3.06. The molecule has 1 aromatic rings. The Morgan fingerprint density at radius 1 is 1.32 bits per heavy atom. The lowest BCUT2D eigenvalue weighted by Gasteiger charge is -2.33. The zero-order valence-electron chi connectivity index (χ0n) is 15.7. The lowest BCUT2D eigenvalue weighted by molar-refractivity contribution is -0.151. The number of aryl methyl sites for hydroxylation is 1. The van der Waals surface area contributed by atoms with Gasteiger partial charge in [0.2, 0.25) is 0 Å². The van der Waals surface area contributed by atoms with Gasteiger partial charge in [0.05, 0.1) is 17.5 Å². The molecule has 1 fully saturated rings. The zero-order chi connectivity index (χ0) is 18.8. The first kappa shape index (κ1) is 19.7. The minimum Gasteiger partial charge on any atom is -0.483 e. The second kappa shape index (κ2) is 7.74. The van der Waals surface area contributed by atoms with Crippen LogP contribution in [0, 0.1) is 6.92 Å². The third kappa shape index (κ3) is 4.95. The summed E-state index contributed by atoms with van der Waals surface area (Å²) in [4.78, 5) is 12.7. The van der Waals surface area contributed by atoms with Gasteiger partial charge in [0.1, 0.15) is 5.75 Å². The second-order valence-corrected chi connectivity index (χ2v) is 9.36. The van der Waals surface area contributed by atoms with Gasteiger partial charge in [-0.3, -0.25) is 9.80 Å². The SMILES string of the molecule is Cc1ccc(C(C)C)c(OCC(=O)N(C2CCS(=O)(=O)C2)N(C)C)c1. The molecule has 7 heteroatoms. The van der Waals surface area contributed by atoms with E-state index in [0.29, 0.717) is 12.2 Å². The fraction of sp³-hybridized carbons (Fsp3) is 0.611. The van der Waals surface area contributed by atoms with Crippen LogP contribution in [0.25, 0.3) is 0 Å². The normalized spacial score (nSPS) is 19.4. The smallest absolute Gasteiger partial charge is 0.275 e. The van der Waals surface area contributed by atoms with Gasteiger partial charge in [-0.1, -0.05) is 26.0 Å². The Bertz CT molecular complexity index is 729. The zero-order valence-corrected chi connectivity index (χ0v) is 16.5. The van der Waals surface area contributed by atoms with Gasteiger partial charge in [0, 0.05) is 14.1 Å². The number of ether oxygens (including phenoxy) is 1. The van der Waals surface area contributed by atoms with Crippen molar-refractivity contribution < 1.29 is 17.9 Å². The van der Waals surface area contributed by atoms with Gasteiger partial charge in [-0.05, 0) is 36.5 Å². The van der Waals surface area contributed by atoms with Crippen molar-refractivity contribution in [3.63, 3.8) is 0 Å². The Morgan fingerprint density at radius 3 is 2.52 bits per heavy atom. The van der Waals surface area contributed by atoms with Crippen LogP contribution < -0.4 is 4.74 Å². The Morgan fingerprint density at radius 2 is 2.00 bits per heavy atom. The Hall–Kier alpha value is -1.60. The summed E-state index contributed by atoms with van der Waals surface area (Å²) in [6.45, 7) is 6.02. The first-order valence-corrected chi connectivity index (χ1v) is 10.4. The first-order valence-electron chi connectivity index (χ1n) is 8.54. The van der Waals surface area contributed by atoms with Crippen LogP contribution in [-0.2, 0) is 14.6 Å². The predicted octanol–water partition coefficient (Wildman–Crippen LogP) is 1.99. The summed E-state index contributed by atoms with van der Waals surface area (Å²) in [6, 6.07) is 5.66. The molecule has 1 heterocycles. The molecule has 1 aliphatic heterocycles. The van der Waals surface area contributed by atoms with E-state index in [9.17, 15) is 13.2 Å². The number of sulfone groups is 1. The molecular weight excluding hydrogens is 340 g/mol. The molecule has 1 unspecified atom stereocenters. The number of benzene rings is 1. The number of hydrogen-bond acceptors (Lipinski definition) is 5. The molecule has 140 valence electrons. The van der Waals surface area contributed by atoms with Crippen molar-refractivity contribution in [2.75, 3.05) is 32.2 Å². The number of amides is 1. The molecule has 0 radical (unpaired) electrons. The number of nitrogens with zero attached hydrogens (tertiary/aromatic N) is 2. The fourth-order valence-electron chi connectivity index (χ4n) is 3.17. The molecule has 1 amide bonds. The van der Waals surface area contributed by atoms with Gasteiger partial charge in [-0.25, -0.2) is 13.4 Å². The highest BCUT2D eigenvalue weighted by atomic mass is 32.2. The summed E-state index contributed by atoms with van der Waals surface area (Å²) in [5, 5.41) is 3.16. The van der Waals surface area contributed by atoms with E-state index in [1.807, 2.05) is 25.1 Å². The number of carbonyl (C=O) groups is 1. The molecule has 6 nitrogen and oxygen atoms in total. The number of hydrazine groups is 1. The predicted molar refractivity (Wildman–Crippen MR) is 98.4 cm³/mol. The van der Waals surface area contributed by atoms with E-state index < -0.39 is 9.84 Å². The maximum absolute atomic E-state index is 12.7. The van der Waals surface area contributed by atoms with E-state index in [0.717, 1.165) is 11.1 Å². The molecule has 1 aliphatic rings. The Kier molecular flexibility index (Phi) is 6.11. The van der Waals surface area contributed by atoms with E-state index in [1.54, 1.807) is 19.1 Å². The molecule has 0 N–H and O–H groups in total. The fourth-order valence-corrected chi connectivity index (χ4v) is 4.86. The van der Waals surface area contributed by atoms with Crippen LogP contribution in [0.3, 0.4) is 0 Å². The average molecular weight is 368 g/mol. The maximum atomic E-state index is 12.7. The van der Waals surface area contributed by atoms with Gasteiger partial charge < -0.3 is 4.74 Å². The summed E-state index contributed by atoms with van der Waals surface area (Å²) in [6.07, 6.45) is 0.466. The molecular formula is C18H28N2O4S. The van der Waals surface area contributed by atoms with Crippen LogP contribution in [0.2, 0.25) is 0 Å². The van der Waals surface area contributed by atoms with Gasteiger partial charge >= 0.3 is 0 Å². The van der Waals surface area contributed by atoms with Gasteiger partial charge in [-0.15, -0.1) is 0 Å². The highest BCUT2D eigenvalue weighted by Gasteiger charge is 2.36. The summed E-state index contributed by atoms with van der Waals surface area (Å²) < 4.78 is 29.3. The van der Waals surface area contributed by atoms with Crippen LogP contribution in [-0.4, -0.2) is 62.6 Å². The second-order valence-electron chi connectivity index (χ2n) is 7.13. The van der Waals surface area contributed by atoms with Crippen molar-refractivity contribution in [1.29, 1.82) is 0 Å². The van der Waals surface area contributed by atoms with E-state index >= 15 is 0 Å². The van der Waals surface area contributed by atoms with E-state index in [-0.39, 0.29) is 36.0 Å². The Balaban J connectivity index is 2.11. The van der Waals surface area contributed by atoms with Crippen molar-refractivity contribution in [2.45, 2.75) is 39.2 Å². The number of rotatable bonds is 6. The Labute approximate surface area is 150 Å². The van der Waals surface area contributed by atoms with E-state index in [1.165, 1.54) is 5.01 Å². The standard InChI is InChI=1S/C18H28N2O4S/c1-13(2)16-7-6-14(3)10-17(16)24-11-18(21)20(19(4)5)15-8-9-25(22,23)12-15/h6-7,10,13,15H,8-9,11-12H2,1-5H3. The minimum absolute atomic E-state index is 0.0125. The van der Waals surface area contributed by atoms with Gasteiger partial charge in [-0.2, -0.15) is 0 Å². The molecule has 0 aliphatic carbocycles. The molecule has 1 saturated heterocycles. The molecule has 0 aromatic heterocycles. The van der Waals surface area contributed by atoms with Crippen molar-refractivity contribution in [3.8, 4) is 5.75 Å². The topological polar surface area (TPSA) is 66.9 Å². The van der Waals surface area contributed by atoms with Crippen molar-refractivity contribution in [1.82, 2.24) is 10.0 Å². The third-order valence-corrected chi connectivity index (χ3v) is 6.13. The average Bonchev–Trinajstić information content (AvgIpc) is 2.84. The van der Waals surface area contributed by atoms with Crippen LogP contribution in [0.5, 0.6) is 5.75 Å². The largest absolute Gasteiger partial charge is 0.483 e. The maximum Gasteiger partial charge on any atom is 0.275 e. The van der Waals surface area contributed by atoms with Crippen LogP contribution >= 0.6 is 0 Å². The third-order valence-electron chi connectivity index (χ3n) is 4.38. The highest BCUT2D eigenvalue weighted by molar-refractivity contribution is 7.91. The molecule has 0 saturated carbocycles. The van der Waals surface area contributed by atoms with Crippen molar-refractivity contribution in [2.24, 2.45) is 0 Å². The summed E-state index contributed by atoms with van der Waals surface area (Å²) in [5.74, 6) is 0.907. The van der Waals surface area contributed by atoms with Crippen LogP contribution in [0.1, 0.15) is 37.3 Å². The van der Waals surface area contributed by atoms with Crippen LogP contribution in [0.4, 0.5) is 0 Å². The highest BCUT2D eigenvalue weighted by Crippen LogP contribution is 2.27. The molecule has 2 rings (SSSR count). The number of carbonyl (C=O) groups excluding carboxylic acids is 1. The van der Waals surface area contributed by atoms with E-state index in [4.69, 9.17) is 4.74 Å². The number of hydrogen-bond donors (Lipinski definition) is 0. The molecule has 1 atom stereocenters. The monoisotopic (exact) mass is 368 g/mol. The molecule has 1 aromatic carbocycles. The molecule has 0 bridgehead atoms. The summed E-state index contributed by atoms with van der Waals surface area (Å²) in [5.41, 5.74) is 2.12. The van der Waals surface area contributed by atoms with Crippen molar-refractivity contribution >= 4 is 15.7 Å². The van der Waals surface area contributed by atoms with Gasteiger partial charge in [0.25, 0.3) is 5.91 Å². The van der Waals surface area contributed by atoms with E-state index in [2.05, 4.69) is 13.8 Å². The van der Waals surface area contributed by atoms with Gasteiger partial charge in [0.15, 0.2) is 16.4 Å².